The van der Waals surface area contributed by atoms with Crippen LogP contribution in [0.15, 0.2) is 29.1 Å². The third-order valence-electron chi connectivity index (χ3n) is 2.23. The highest BCUT2D eigenvalue weighted by molar-refractivity contribution is 5.42. The van der Waals surface area contributed by atoms with Crippen LogP contribution in [0.2, 0.25) is 0 Å². The molecule has 90 valence electrons. The molecule has 0 atom stereocenters. The Balaban J connectivity index is 2.12. The number of benzene rings is 1. The zero-order valence-corrected chi connectivity index (χ0v) is 9.42. The molecule has 6 nitrogen and oxygen atoms in total. The lowest BCUT2D eigenvalue weighted by atomic mass is 10.2. The zero-order chi connectivity index (χ0) is 12.1. The van der Waals surface area contributed by atoms with E-state index in [9.17, 15) is 0 Å². The molecule has 2 N–H and O–H groups in total. The van der Waals surface area contributed by atoms with Crippen LogP contribution < -0.4 is 15.2 Å². The first-order chi connectivity index (χ1) is 8.33. The highest BCUT2D eigenvalue weighted by Gasteiger charge is 2.07. The van der Waals surface area contributed by atoms with Crippen molar-refractivity contribution in [2.24, 2.45) is 5.73 Å². The van der Waals surface area contributed by atoms with E-state index in [1.165, 1.54) is 6.39 Å². The Morgan fingerprint density at radius 2 is 2.24 bits per heavy atom. The van der Waals surface area contributed by atoms with Gasteiger partial charge in [0, 0.05) is 6.54 Å². The summed E-state index contributed by atoms with van der Waals surface area (Å²) in [6, 6.07) is 5.53. The van der Waals surface area contributed by atoms with Gasteiger partial charge in [-0.3, -0.25) is 0 Å². The summed E-state index contributed by atoms with van der Waals surface area (Å²) in [6.45, 7) is 0.670. The molecular weight excluding hydrogens is 222 g/mol. The first-order valence-corrected chi connectivity index (χ1v) is 5.08. The largest absolute Gasteiger partial charge is 0.493 e. The molecule has 2 aromatic rings. The molecule has 1 heterocycles. The molecule has 0 radical (unpaired) electrons. The summed E-state index contributed by atoms with van der Waals surface area (Å²) in [5, 5.41) is 3.65. The van der Waals surface area contributed by atoms with Crippen LogP contribution in [-0.4, -0.2) is 17.3 Å². The number of rotatable bonds is 5. The summed E-state index contributed by atoms with van der Waals surface area (Å²) < 4.78 is 15.3. The van der Waals surface area contributed by atoms with Crippen LogP contribution in [-0.2, 0) is 13.2 Å². The van der Waals surface area contributed by atoms with Gasteiger partial charge < -0.3 is 19.7 Å². The van der Waals surface area contributed by atoms with E-state index in [4.69, 9.17) is 15.2 Å². The van der Waals surface area contributed by atoms with Crippen LogP contribution >= 0.6 is 0 Å². The van der Waals surface area contributed by atoms with E-state index in [0.717, 1.165) is 5.56 Å². The molecule has 0 aliphatic heterocycles. The lowest BCUT2D eigenvalue weighted by Gasteiger charge is -2.10. The fraction of sp³-hybridized carbons (Fsp3) is 0.273. The molecule has 2 rings (SSSR count). The molecule has 0 aliphatic carbocycles. The van der Waals surface area contributed by atoms with Crippen molar-refractivity contribution >= 4 is 0 Å². The van der Waals surface area contributed by atoms with Gasteiger partial charge in [0.05, 0.1) is 7.11 Å². The summed E-state index contributed by atoms with van der Waals surface area (Å²) in [7, 11) is 1.58. The molecule has 17 heavy (non-hydrogen) atoms. The lowest BCUT2D eigenvalue weighted by molar-refractivity contribution is 0.269. The van der Waals surface area contributed by atoms with Gasteiger partial charge in [0.15, 0.2) is 18.1 Å². The van der Waals surface area contributed by atoms with E-state index in [-0.39, 0.29) is 6.61 Å². The highest BCUT2D eigenvalue weighted by atomic mass is 16.5. The molecule has 6 heteroatoms. The maximum absolute atomic E-state index is 5.56. The quantitative estimate of drug-likeness (QED) is 0.835. The number of hydrogen-bond donors (Lipinski definition) is 1. The number of methoxy groups -OCH3 is 1. The molecule has 1 aromatic heterocycles. The van der Waals surface area contributed by atoms with Crippen molar-refractivity contribution < 1.29 is 14.0 Å². The third-order valence-corrected chi connectivity index (χ3v) is 2.23. The number of hydrogen-bond acceptors (Lipinski definition) is 6. The summed E-state index contributed by atoms with van der Waals surface area (Å²) in [5.74, 6) is 1.73. The van der Waals surface area contributed by atoms with E-state index in [1.54, 1.807) is 7.11 Å². The van der Waals surface area contributed by atoms with Gasteiger partial charge in [0.25, 0.3) is 0 Å². The van der Waals surface area contributed by atoms with Gasteiger partial charge in [0.2, 0.25) is 12.2 Å². The van der Waals surface area contributed by atoms with Gasteiger partial charge in [-0.15, -0.1) is 0 Å². The van der Waals surface area contributed by atoms with Crippen LogP contribution in [0, 0.1) is 0 Å². The molecule has 0 amide bonds. The zero-order valence-electron chi connectivity index (χ0n) is 9.42. The Morgan fingerprint density at radius 1 is 1.35 bits per heavy atom. The minimum absolute atomic E-state index is 0.223. The lowest BCUT2D eigenvalue weighted by Crippen LogP contribution is -2.02. The van der Waals surface area contributed by atoms with E-state index in [0.29, 0.717) is 23.9 Å². The van der Waals surface area contributed by atoms with Crippen LogP contribution in [0.3, 0.4) is 0 Å². The second-order valence-electron chi connectivity index (χ2n) is 3.33. The van der Waals surface area contributed by atoms with Crippen molar-refractivity contribution in [1.82, 2.24) is 10.1 Å². The molecule has 0 fully saturated rings. The first kappa shape index (κ1) is 11.4. The summed E-state index contributed by atoms with van der Waals surface area (Å²) in [5.41, 5.74) is 6.53. The molecule has 1 aromatic carbocycles. The summed E-state index contributed by atoms with van der Waals surface area (Å²) in [6.07, 6.45) is 1.26. The molecular formula is C11H13N3O3. The summed E-state index contributed by atoms with van der Waals surface area (Å²) in [4.78, 5) is 3.86. The Kier molecular flexibility index (Phi) is 3.56. The average molecular weight is 235 g/mol. The summed E-state index contributed by atoms with van der Waals surface area (Å²) >= 11 is 0. The molecule has 0 saturated heterocycles. The third kappa shape index (κ3) is 2.73. The average Bonchev–Trinajstić information content (AvgIpc) is 2.89. The Hall–Kier alpha value is -2.08. The van der Waals surface area contributed by atoms with Crippen LogP contribution in [0.25, 0.3) is 0 Å². The fourth-order valence-electron chi connectivity index (χ4n) is 1.36. The minimum Gasteiger partial charge on any atom is -0.493 e. The van der Waals surface area contributed by atoms with Crippen LogP contribution in [0.4, 0.5) is 0 Å². The predicted octanol–water partition coefficient (Wildman–Crippen LogP) is 1.12. The molecule has 0 spiro atoms. The molecule has 0 aliphatic rings. The SMILES string of the molecule is COc1ccc(CN)cc1OCc1ncon1. The normalized spacial score (nSPS) is 10.2. The van der Waals surface area contributed by atoms with Gasteiger partial charge >= 0.3 is 0 Å². The van der Waals surface area contributed by atoms with E-state index < -0.39 is 0 Å². The van der Waals surface area contributed by atoms with Gasteiger partial charge in [-0.2, -0.15) is 4.98 Å². The van der Waals surface area contributed by atoms with E-state index in [2.05, 4.69) is 14.7 Å². The van der Waals surface area contributed by atoms with E-state index in [1.807, 2.05) is 18.2 Å². The van der Waals surface area contributed by atoms with Crippen molar-refractivity contribution in [1.29, 1.82) is 0 Å². The molecule has 0 saturated carbocycles. The number of aromatic nitrogens is 2. The second-order valence-corrected chi connectivity index (χ2v) is 3.33. The van der Waals surface area contributed by atoms with Crippen molar-refractivity contribution in [2.75, 3.05) is 7.11 Å². The van der Waals surface area contributed by atoms with Crippen molar-refractivity contribution in [3.63, 3.8) is 0 Å². The monoisotopic (exact) mass is 235 g/mol. The number of ether oxygens (including phenoxy) is 2. The van der Waals surface area contributed by atoms with Gasteiger partial charge in [0.1, 0.15) is 0 Å². The predicted molar refractivity (Wildman–Crippen MR) is 59.5 cm³/mol. The standard InChI is InChI=1S/C11H13N3O3/c1-15-9-3-2-8(5-12)4-10(9)16-6-11-13-7-17-14-11/h2-4,7H,5-6,12H2,1H3. The van der Waals surface area contributed by atoms with Gasteiger partial charge in [-0.25, -0.2) is 0 Å². The Labute approximate surface area is 98.3 Å². The topological polar surface area (TPSA) is 83.4 Å². The molecule has 0 bridgehead atoms. The maximum Gasteiger partial charge on any atom is 0.213 e. The minimum atomic E-state index is 0.223. The maximum atomic E-state index is 5.56. The van der Waals surface area contributed by atoms with Crippen molar-refractivity contribution in [3.05, 3.63) is 36.0 Å². The van der Waals surface area contributed by atoms with Crippen molar-refractivity contribution in [3.8, 4) is 11.5 Å². The Morgan fingerprint density at radius 3 is 2.88 bits per heavy atom. The molecule has 0 unspecified atom stereocenters. The van der Waals surface area contributed by atoms with Crippen LogP contribution in [0.1, 0.15) is 11.4 Å². The smallest absolute Gasteiger partial charge is 0.213 e. The first-order valence-electron chi connectivity index (χ1n) is 5.08. The highest BCUT2D eigenvalue weighted by Crippen LogP contribution is 2.28. The van der Waals surface area contributed by atoms with Crippen LogP contribution in [0.5, 0.6) is 11.5 Å². The number of nitrogens with zero attached hydrogens (tertiary/aromatic N) is 2. The van der Waals surface area contributed by atoms with Gasteiger partial charge in [-0.05, 0) is 17.7 Å². The van der Waals surface area contributed by atoms with Gasteiger partial charge in [-0.1, -0.05) is 11.2 Å². The number of nitrogens with two attached hydrogens (primary N) is 1. The van der Waals surface area contributed by atoms with Crippen molar-refractivity contribution in [2.45, 2.75) is 13.2 Å². The fourth-order valence-corrected chi connectivity index (χ4v) is 1.36. The Bertz CT molecular complexity index is 471. The van der Waals surface area contributed by atoms with E-state index >= 15 is 0 Å². The second kappa shape index (κ2) is 5.31.